The van der Waals surface area contributed by atoms with Gasteiger partial charge in [0.1, 0.15) is 11.5 Å². The number of carbonyl (C=O) groups is 1. The molecule has 3 rings (SSSR count). The van der Waals surface area contributed by atoms with Crippen LogP contribution in [-0.4, -0.2) is 25.7 Å². The summed E-state index contributed by atoms with van der Waals surface area (Å²) in [5.41, 5.74) is 1.08. The molecule has 0 spiro atoms. The van der Waals surface area contributed by atoms with Gasteiger partial charge in [-0.25, -0.2) is 0 Å². The number of carbonyl (C=O) groups excluding carboxylic acids is 1. The van der Waals surface area contributed by atoms with E-state index in [1.54, 1.807) is 0 Å². The fourth-order valence-electron chi connectivity index (χ4n) is 2.63. The summed E-state index contributed by atoms with van der Waals surface area (Å²) < 4.78 is 11.2. The van der Waals surface area contributed by atoms with Crippen molar-refractivity contribution in [3.63, 3.8) is 0 Å². The molecular formula is C19H21NO3. The van der Waals surface area contributed by atoms with Crippen molar-refractivity contribution in [1.29, 1.82) is 0 Å². The van der Waals surface area contributed by atoms with Crippen LogP contribution in [0.2, 0.25) is 0 Å². The van der Waals surface area contributed by atoms with E-state index in [1.165, 1.54) is 0 Å². The first-order chi connectivity index (χ1) is 11.3. The number of ether oxygens (including phenoxy) is 2. The average molecular weight is 311 g/mol. The molecule has 1 atom stereocenters. The molecule has 120 valence electrons. The summed E-state index contributed by atoms with van der Waals surface area (Å²) in [5.74, 6) is 1.74. The number of para-hydroxylation sites is 2. The molecule has 4 heteroatoms. The second-order valence-corrected chi connectivity index (χ2v) is 5.62. The number of hydrogen-bond donors (Lipinski definition) is 1. The van der Waals surface area contributed by atoms with Gasteiger partial charge in [0.15, 0.2) is 0 Å². The SMILES string of the molecule is O=C(NCCc1ccccc1Oc1ccccc1)[C@H]1CCOC1. The lowest BCUT2D eigenvalue weighted by Gasteiger charge is -2.12. The van der Waals surface area contributed by atoms with E-state index in [-0.39, 0.29) is 11.8 Å². The van der Waals surface area contributed by atoms with E-state index in [4.69, 9.17) is 9.47 Å². The maximum Gasteiger partial charge on any atom is 0.225 e. The van der Waals surface area contributed by atoms with Crippen molar-refractivity contribution in [2.24, 2.45) is 5.92 Å². The van der Waals surface area contributed by atoms with Gasteiger partial charge in [0.25, 0.3) is 0 Å². The second-order valence-electron chi connectivity index (χ2n) is 5.62. The standard InChI is InChI=1S/C19H21NO3/c21-19(16-11-13-22-14-16)20-12-10-15-6-4-5-9-18(15)23-17-7-2-1-3-8-17/h1-9,16H,10-14H2,(H,20,21)/t16-/m0/s1. The van der Waals surface area contributed by atoms with E-state index in [0.29, 0.717) is 19.8 Å². The lowest BCUT2D eigenvalue weighted by Crippen LogP contribution is -2.32. The van der Waals surface area contributed by atoms with Gasteiger partial charge in [0.2, 0.25) is 5.91 Å². The Kier molecular flexibility index (Phi) is 5.27. The summed E-state index contributed by atoms with van der Waals surface area (Å²) in [6.45, 7) is 1.83. The van der Waals surface area contributed by atoms with Crippen LogP contribution < -0.4 is 10.1 Å². The molecule has 0 bridgehead atoms. The molecule has 1 heterocycles. The van der Waals surface area contributed by atoms with Gasteiger partial charge >= 0.3 is 0 Å². The first-order valence-corrected chi connectivity index (χ1v) is 7.99. The van der Waals surface area contributed by atoms with Crippen molar-refractivity contribution in [3.8, 4) is 11.5 Å². The highest BCUT2D eigenvalue weighted by Gasteiger charge is 2.22. The van der Waals surface area contributed by atoms with E-state index in [1.807, 2.05) is 54.6 Å². The number of benzene rings is 2. The van der Waals surface area contributed by atoms with Gasteiger partial charge in [0, 0.05) is 13.2 Å². The van der Waals surface area contributed by atoms with Crippen molar-refractivity contribution < 1.29 is 14.3 Å². The lowest BCUT2D eigenvalue weighted by atomic mass is 10.1. The second kappa shape index (κ2) is 7.79. The van der Waals surface area contributed by atoms with E-state index >= 15 is 0 Å². The molecule has 1 aliphatic rings. The van der Waals surface area contributed by atoms with Gasteiger partial charge in [-0.15, -0.1) is 0 Å². The Morgan fingerprint density at radius 2 is 1.91 bits per heavy atom. The van der Waals surface area contributed by atoms with Crippen LogP contribution in [0.3, 0.4) is 0 Å². The molecule has 0 radical (unpaired) electrons. The van der Waals surface area contributed by atoms with Crippen LogP contribution in [0.25, 0.3) is 0 Å². The van der Waals surface area contributed by atoms with Gasteiger partial charge in [-0.3, -0.25) is 4.79 Å². The van der Waals surface area contributed by atoms with Crippen molar-refractivity contribution in [3.05, 3.63) is 60.2 Å². The Balaban J connectivity index is 1.56. The zero-order valence-corrected chi connectivity index (χ0v) is 13.0. The zero-order valence-electron chi connectivity index (χ0n) is 13.0. The minimum absolute atomic E-state index is 0.00538. The van der Waals surface area contributed by atoms with Gasteiger partial charge in [-0.05, 0) is 36.6 Å². The predicted molar refractivity (Wildman–Crippen MR) is 88.6 cm³/mol. The number of amides is 1. The highest BCUT2D eigenvalue weighted by Crippen LogP contribution is 2.25. The number of nitrogens with one attached hydrogen (secondary N) is 1. The third kappa shape index (κ3) is 4.33. The highest BCUT2D eigenvalue weighted by atomic mass is 16.5. The van der Waals surface area contributed by atoms with E-state index in [9.17, 15) is 4.79 Å². The molecule has 2 aromatic rings. The highest BCUT2D eigenvalue weighted by molar-refractivity contribution is 5.79. The molecule has 1 N–H and O–H groups in total. The molecule has 1 saturated heterocycles. The monoisotopic (exact) mass is 311 g/mol. The smallest absolute Gasteiger partial charge is 0.225 e. The van der Waals surface area contributed by atoms with Crippen molar-refractivity contribution >= 4 is 5.91 Å². The fraction of sp³-hybridized carbons (Fsp3) is 0.316. The van der Waals surface area contributed by atoms with Gasteiger partial charge in [0.05, 0.1) is 12.5 Å². The summed E-state index contributed by atoms with van der Waals surface area (Å²) in [6, 6.07) is 17.6. The summed E-state index contributed by atoms with van der Waals surface area (Å²) >= 11 is 0. The van der Waals surface area contributed by atoms with E-state index in [2.05, 4.69) is 5.32 Å². The zero-order chi connectivity index (χ0) is 15.9. The Labute approximate surface area is 136 Å². The van der Waals surface area contributed by atoms with Crippen LogP contribution in [0.5, 0.6) is 11.5 Å². The third-order valence-corrected chi connectivity index (χ3v) is 3.94. The van der Waals surface area contributed by atoms with Crippen LogP contribution in [-0.2, 0) is 16.0 Å². The van der Waals surface area contributed by atoms with E-state index < -0.39 is 0 Å². The van der Waals surface area contributed by atoms with Crippen molar-refractivity contribution in [1.82, 2.24) is 5.32 Å². The molecule has 0 saturated carbocycles. The maximum absolute atomic E-state index is 12.0. The molecular weight excluding hydrogens is 290 g/mol. The lowest BCUT2D eigenvalue weighted by molar-refractivity contribution is -0.124. The van der Waals surface area contributed by atoms with Crippen LogP contribution in [0.4, 0.5) is 0 Å². The van der Waals surface area contributed by atoms with Crippen LogP contribution in [0, 0.1) is 5.92 Å². The number of hydrogen-bond acceptors (Lipinski definition) is 3. The predicted octanol–water partition coefficient (Wildman–Crippen LogP) is 3.17. The van der Waals surface area contributed by atoms with E-state index in [0.717, 1.165) is 29.9 Å². The molecule has 1 aliphatic heterocycles. The Morgan fingerprint density at radius 1 is 1.13 bits per heavy atom. The molecule has 0 unspecified atom stereocenters. The summed E-state index contributed by atoms with van der Waals surface area (Å²) in [7, 11) is 0. The van der Waals surface area contributed by atoms with Gasteiger partial charge in [-0.1, -0.05) is 36.4 Å². The first-order valence-electron chi connectivity index (χ1n) is 7.99. The normalized spacial score (nSPS) is 17.0. The Bertz CT molecular complexity index is 636. The molecule has 4 nitrogen and oxygen atoms in total. The molecule has 0 aliphatic carbocycles. The molecule has 0 aromatic heterocycles. The Morgan fingerprint density at radius 3 is 2.70 bits per heavy atom. The largest absolute Gasteiger partial charge is 0.457 e. The topological polar surface area (TPSA) is 47.6 Å². The van der Waals surface area contributed by atoms with Gasteiger partial charge in [-0.2, -0.15) is 0 Å². The molecule has 23 heavy (non-hydrogen) atoms. The minimum atomic E-state index is 0.00538. The maximum atomic E-state index is 12.0. The number of rotatable bonds is 6. The van der Waals surface area contributed by atoms with Crippen LogP contribution in [0.1, 0.15) is 12.0 Å². The third-order valence-electron chi connectivity index (χ3n) is 3.94. The molecule has 1 amide bonds. The average Bonchev–Trinajstić information content (AvgIpc) is 3.12. The van der Waals surface area contributed by atoms with Crippen LogP contribution in [0.15, 0.2) is 54.6 Å². The van der Waals surface area contributed by atoms with Crippen molar-refractivity contribution in [2.45, 2.75) is 12.8 Å². The van der Waals surface area contributed by atoms with Crippen molar-refractivity contribution in [2.75, 3.05) is 19.8 Å². The summed E-state index contributed by atoms with van der Waals surface area (Å²) in [6.07, 6.45) is 1.56. The quantitative estimate of drug-likeness (QED) is 0.891. The molecule has 2 aromatic carbocycles. The fourth-order valence-corrected chi connectivity index (χ4v) is 2.63. The Hall–Kier alpha value is -2.33. The van der Waals surface area contributed by atoms with Gasteiger partial charge < -0.3 is 14.8 Å². The minimum Gasteiger partial charge on any atom is -0.457 e. The summed E-state index contributed by atoms with van der Waals surface area (Å²) in [5, 5.41) is 2.99. The summed E-state index contributed by atoms with van der Waals surface area (Å²) in [4.78, 5) is 12.0. The first kappa shape index (κ1) is 15.6. The molecule has 1 fully saturated rings. The van der Waals surface area contributed by atoms with Crippen LogP contribution >= 0.6 is 0 Å².